The molecule has 0 atom stereocenters. The van der Waals surface area contributed by atoms with Crippen molar-refractivity contribution in [2.75, 3.05) is 0 Å². The van der Waals surface area contributed by atoms with Crippen molar-refractivity contribution in [1.29, 1.82) is 0 Å². The summed E-state index contributed by atoms with van der Waals surface area (Å²) < 4.78 is 31.1. The first-order valence-electron chi connectivity index (χ1n) is 5.82. The third kappa shape index (κ3) is 3.25. The largest absolute Gasteiger partial charge is 0.459 e. The fourth-order valence-corrected chi connectivity index (χ4v) is 2.07. The van der Waals surface area contributed by atoms with Crippen molar-refractivity contribution in [3.63, 3.8) is 0 Å². The van der Waals surface area contributed by atoms with E-state index < -0.39 is 17.6 Å². The highest BCUT2D eigenvalue weighted by Gasteiger charge is 2.19. The third-order valence-electron chi connectivity index (χ3n) is 2.92. The van der Waals surface area contributed by atoms with Gasteiger partial charge in [-0.2, -0.15) is 0 Å². The zero-order valence-corrected chi connectivity index (χ0v) is 9.42. The van der Waals surface area contributed by atoms with Crippen LogP contribution in [-0.2, 0) is 4.74 Å². The molecule has 2 rings (SSSR count). The van der Waals surface area contributed by atoms with Crippen LogP contribution in [0.25, 0.3) is 0 Å². The maximum atomic E-state index is 12.9. The zero-order chi connectivity index (χ0) is 12.3. The first kappa shape index (κ1) is 12.0. The predicted octanol–water partition coefficient (Wildman–Crippen LogP) is 3.45. The minimum atomic E-state index is -0.763. The molecule has 0 radical (unpaired) electrons. The molecular weight excluding hydrogens is 226 g/mol. The molecule has 92 valence electrons. The predicted molar refractivity (Wildman–Crippen MR) is 58.6 cm³/mol. The molecule has 1 aliphatic carbocycles. The van der Waals surface area contributed by atoms with Crippen molar-refractivity contribution in [3.05, 3.63) is 35.4 Å². The van der Waals surface area contributed by atoms with Gasteiger partial charge < -0.3 is 4.74 Å². The van der Waals surface area contributed by atoms with Crippen molar-refractivity contribution >= 4 is 5.97 Å². The van der Waals surface area contributed by atoms with Gasteiger partial charge in [0.15, 0.2) is 0 Å². The van der Waals surface area contributed by atoms with Crippen LogP contribution in [-0.4, -0.2) is 12.1 Å². The van der Waals surface area contributed by atoms with E-state index in [-0.39, 0.29) is 11.7 Å². The van der Waals surface area contributed by atoms with Crippen molar-refractivity contribution in [3.8, 4) is 0 Å². The fourth-order valence-electron chi connectivity index (χ4n) is 2.07. The van der Waals surface area contributed by atoms with E-state index >= 15 is 0 Å². The minimum Gasteiger partial charge on any atom is -0.459 e. The van der Waals surface area contributed by atoms with Crippen molar-refractivity contribution in [2.24, 2.45) is 0 Å². The number of hydrogen-bond acceptors (Lipinski definition) is 2. The monoisotopic (exact) mass is 240 g/mol. The molecule has 0 aliphatic heterocycles. The summed E-state index contributed by atoms with van der Waals surface area (Å²) >= 11 is 0. The SMILES string of the molecule is O=C(OC1CCCCC1)c1cc(F)cc(F)c1. The van der Waals surface area contributed by atoms with Crippen molar-refractivity contribution in [2.45, 2.75) is 38.2 Å². The molecule has 1 aromatic rings. The maximum absolute atomic E-state index is 12.9. The molecule has 0 amide bonds. The summed E-state index contributed by atoms with van der Waals surface area (Å²) in [7, 11) is 0. The Bertz CT molecular complexity index is 392. The number of ether oxygens (including phenoxy) is 1. The Morgan fingerprint density at radius 1 is 1.06 bits per heavy atom. The highest BCUT2D eigenvalue weighted by atomic mass is 19.1. The van der Waals surface area contributed by atoms with Crippen LogP contribution in [0, 0.1) is 11.6 Å². The second-order valence-corrected chi connectivity index (χ2v) is 4.32. The van der Waals surface area contributed by atoms with Crippen LogP contribution < -0.4 is 0 Å². The number of carbonyl (C=O) groups is 1. The molecule has 0 aromatic heterocycles. The molecule has 2 nitrogen and oxygen atoms in total. The summed E-state index contributed by atoms with van der Waals surface area (Å²) in [4.78, 5) is 11.7. The highest BCUT2D eigenvalue weighted by molar-refractivity contribution is 5.89. The van der Waals surface area contributed by atoms with Gasteiger partial charge in [0, 0.05) is 6.07 Å². The van der Waals surface area contributed by atoms with E-state index in [0.717, 1.165) is 50.3 Å². The van der Waals surface area contributed by atoms with Gasteiger partial charge in [-0.15, -0.1) is 0 Å². The molecule has 0 heterocycles. The smallest absolute Gasteiger partial charge is 0.338 e. The summed E-state index contributed by atoms with van der Waals surface area (Å²) in [6.45, 7) is 0. The molecule has 1 saturated carbocycles. The molecule has 0 saturated heterocycles. The van der Waals surface area contributed by atoms with Crippen molar-refractivity contribution in [1.82, 2.24) is 0 Å². The van der Waals surface area contributed by atoms with Gasteiger partial charge in [-0.1, -0.05) is 6.42 Å². The van der Waals surface area contributed by atoms with Gasteiger partial charge >= 0.3 is 5.97 Å². The van der Waals surface area contributed by atoms with Gasteiger partial charge in [0.2, 0.25) is 0 Å². The molecule has 0 bridgehead atoms. The molecule has 4 heteroatoms. The van der Waals surface area contributed by atoms with Gasteiger partial charge in [-0.3, -0.25) is 0 Å². The van der Waals surface area contributed by atoms with Gasteiger partial charge in [-0.25, -0.2) is 13.6 Å². The van der Waals surface area contributed by atoms with Crippen molar-refractivity contribution < 1.29 is 18.3 Å². The van der Waals surface area contributed by atoms with Crippen LogP contribution in [0.5, 0.6) is 0 Å². The molecular formula is C13H14F2O2. The number of rotatable bonds is 2. The van der Waals surface area contributed by atoms with E-state index in [1.54, 1.807) is 0 Å². The molecule has 1 fully saturated rings. The molecule has 0 N–H and O–H groups in total. The summed E-state index contributed by atoms with van der Waals surface area (Å²) in [6, 6.07) is 2.72. The normalized spacial score (nSPS) is 16.8. The Kier molecular flexibility index (Phi) is 3.71. The Morgan fingerprint density at radius 3 is 2.24 bits per heavy atom. The fraction of sp³-hybridized carbons (Fsp3) is 0.462. The maximum Gasteiger partial charge on any atom is 0.338 e. The number of benzene rings is 1. The van der Waals surface area contributed by atoms with Gasteiger partial charge in [0.25, 0.3) is 0 Å². The number of hydrogen-bond donors (Lipinski definition) is 0. The van der Waals surface area contributed by atoms with E-state index in [1.165, 1.54) is 0 Å². The average Bonchev–Trinajstić information content (AvgIpc) is 2.29. The third-order valence-corrected chi connectivity index (χ3v) is 2.92. The highest BCUT2D eigenvalue weighted by Crippen LogP contribution is 2.21. The Morgan fingerprint density at radius 2 is 1.65 bits per heavy atom. The zero-order valence-electron chi connectivity index (χ0n) is 9.42. The van der Waals surface area contributed by atoms with E-state index in [2.05, 4.69) is 0 Å². The Labute approximate surface area is 98.6 Å². The standard InChI is InChI=1S/C13H14F2O2/c14-10-6-9(7-11(15)8-10)13(16)17-12-4-2-1-3-5-12/h6-8,12H,1-5H2. The van der Waals surface area contributed by atoms with E-state index in [1.807, 2.05) is 0 Å². The molecule has 0 spiro atoms. The number of esters is 1. The second kappa shape index (κ2) is 5.25. The lowest BCUT2D eigenvalue weighted by molar-refractivity contribution is 0.0210. The summed E-state index contributed by atoms with van der Waals surface area (Å²) in [5.74, 6) is -2.17. The summed E-state index contributed by atoms with van der Waals surface area (Å²) in [5, 5.41) is 0. The number of carbonyl (C=O) groups excluding carboxylic acids is 1. The average molecular weight is 240 g/mol. The van der Waals surface area contributed by atoms with Crippen LogP contribution in [0.2, 0.25) is 0 Å². The number of halogens is 2. The van der Waals surface area contributed by atoms with Gasteiger partial charge in [0.05, 0.1) is 5.56 Å². The Hall–Kier alpha value is -1.45. The van der Waals surface area contributed by atoms with Crippen LogP contribution in [0.1, 0.15) is 42.5 Å². The second-order valence-electron chi connectivity index (χ2n) is 4.32. The van der Waals surface area contributed by atoms with E-state index in [4.69, 9.17) is 4.74 Å². The topological polar surface area (TPSA) is 26.3 Å². The van der Waals surface area contributed by atoms with Crippen LogP contribution in [0.4, 0.5) is 8.78 Å². The first-order valence-corrected chi connectivity index (χ1v) is 5.82. The van der Waals surface area contributed by atoms with Gasteiger partial charge in [0.1, 0.15) is 17.7 Å². The minimum absolute atomic E-state index is 0.0620. The van der Waals surface area contributed by atoms with Crippen LogP contribution in [0.3, 0.4) is 0 Å². The van der Waals surface area contributed by atoms with Crippen LogP contribution >= 0.6 is 0 Å². The molecule has 17 heavy (non-hydrogen) atoms. The quantitative estimate of drug-likeness (QED) is 0.740. The molecule has 1 aromatic carbocycles. The molecule has 0 unspecified atom stereocenters. The van der Waals surface area contributed by atoms with E-state index in [0.29, 0.717) is 0 Å². The lowest BCUT2D eigenvalue weighted by Gasteiger charge is -2.21. The Balaban J connectivity index is 2.03. The summed E-state index contributed by atoms with van der Waals surface area (Å²) in [6.07, 6.45) is 4.79. The summed E-state index contributed by atoms with van der Waals surface area (Å²) in [5.41, 5.74) is -0.0620. The first-order chi connectivity index (χ1) is 8.15. The van der Waals surface area contributed by atoms with Crippen LogP contribution in [0.15, 0.2) is 18.2 Å². The van der Waals surface area contributed by atoms with E-state index in [9.17, 15) is 13.6 Å². The lowest BCUT2D eigenvalue weighted by Crippen LogP contribution is -2.21. The lowest BCUT2D eigenvalue weighted by atomic mass is 9.98. The molecule has 1 aliphatic rings. The van der Waals surface area contributed by atoms with Gasteiger partial charge in [-0.05, 0) is 37.8 Å².